The summed E-state index contributed by atoms with van der Waals surface area (Å²) in [6, 6.07) is 16.1. The Morgan fingerprint density at radius 1 is 0.867 bits per heavy atom. The molecular formula is C24H32N2O4. The van der Waals surface area contributed by atoms with Crippen molar-refractivity contribution in [3.63, 3.8) is 0 Å². The Hall–Kier alpha value is -3.02. The lowest BCUT2D eigenvalue weighted by Gasteiger charge is -2.24. The molecule has 0 aromatic heterocycles. The van der Waals surface area contributed by atoms with Crippen LogP contribution in [0.1, 0.15) is 51.8 Å². The number of hydrogen-bond acceptors (Lipinski definition) is 4. The Kier molecular flexibility index (Phi) is 8.71. The van der Waals surface area contributed by atoms with Gasteiger partial charge in [-0.25, -0.2) is 4.79 Å². The van der Waals surface area contributed by atoms with Crippen molar-refractivity contribution < 1.29 is 19.1 Å². The molecule has 6 heteroatoms. The number of nitrogens with one attached hydrogen (secondary N) is 2. The second kappa shape index (κ2) is 11.2. The van der Waals surface area contributed by atoms with Gasteiger partial charge < -0.3 is 20.1 Å². The first kappa shape index (κ1) is 23.3. The van der Waals surface area contributed by atoms with Crippen molar-refractivity contribution in [1.29, 1.82) is 0 Å². The highest BCUT2D eigenvalue weighted by atomic mass is 16.5. The largest absolute Gasteiger partial charge is 0.491 e. The average molecular weight is 413 g/mol. The molecule has 0 spiro atoms. The molecule has 162 valence electrons. The van der Waals surface area contributed by atoms with Gasteiger partial charge in [0.05, 0.1) is 12.1 Å². The van der Waals surface area contributed by atoms with E-state index in [1.54, 1.807) is 0 Å². The summed E-state index contributed by atoms with van der Waals surface area (Å²) in [6.07, 6.45) is -0.511. The van der Waals surface area contributed by atoms with Crippen molar-refractivity contribution in [2.75, 3.05) is 0 Å². The summed E-state index contributed by atoms with van der Waals surface area (Å²) in [7, 11) is 0. The number of amides is 2. The molecular weight excluding hydrogens is 380 g/mol. The first-order valence-corrected chi connectivity index (χ1v) is 10.3. The number of carbonyl (C=O) groups is 2. The van der Waals surface area contributed by atoms with Gasteiger partial charge in [0.2, 0.25) is 5.91 Å². The smallest absolute Gasteiger partial charge is 0.408 e. The van der Waals surface area contributed by atoms with Gasteiger partial charge in [-0.3, -0.25) is 4.79 Å². The minimum Gasteiger partial charge on any atom is -0.491 e. The molecule has 30 heavy (non-hydrogen) atoms. The number of rotatable bonds is 9. The summed E-state index contributed by atoms with van der Waals surface area (Å²) in [6.45, 7) is 9.76. The monoisotopic (exact) mass is 412 g/mol. The van der Waals surface area contributed by atoms with E-state index in [2.05, 4.69) is 10.6 Å². The summed E-state index contributed by atoms with van der Waals surface area (Å²) in [5.41, 5.74) is 1.84. The Balaban J connectivity index is 1.91. The molecule has 2 aromatic carbocycles. The molecule has 2 rings (SSSR count). The van der Waals surface area contributed by atoms with Crippen molar-refractivity contribution in [3.05, 3.63) is 65.7 Å². The molecule has 2 amide bonds. The third-order valence-electron chi connectivity index (χ3n) is 4.55. The molecule has 0 saturated carbocycles. The second-order valence-electron chi connectivity index (χ2n) is 7.89. The maximum Gasteiger partial charge on any atom is 0.408 e. The molecule has 0 aliphatic carbocycles. The van der Waals surface area contributed by atoms with Gasteiger partial charge in [0, 0.05) is 0 Å². The Morgan fingerprint density at radius 2 is 1.50 bits per heavy atom. The lowest BCUT2D eigenvalue weighted by atomic mass is 10.0. The van der Waals surface area contributed by atoms with Crippen molar-refractivity contribution >= 4 is 12.0 Å². The minimum absolute atomic E-state index is 0.0942. The van der Waals surface area contributed by atoms with Gasteiger partial charge in [0.15, 0.2) is 0 Å². The van der Waals surface area contributed by atoms with E-state index in [0.29, 0.717) is 0 Å². The van der Waals surface area contributed by atoms with Crippen molar-refractivity contribution in [1.82, 2.24) is 10.6 Å². The van der Waals surface area contributed by atoms with Crippen LogP contribution in [0.15, 0.2) is 54.6 Å². The maximum atomic E-state index is 12.8. The number of carbonyl (C=O) groups excluding carboxylic acids is 2. The summed E-state index contributed by atoms with van der Waals surface area (Å²) in [4.78, 5) is 25.0. The van der Waals surface area contributed by atoms with Crippen molar-refractivity contribution in [2.24, 2.45) is 5.92 Å². The number of ether oxygens (including phenoxy) is 2. The van der Waals surface area contributed by atoms with Crippen LogP contribution in [0, 0.1) is 5.92 Å². The molecule has 0 aliphatic rings. The van der Waals surface area contributed by atoms with Gasteiger partial charge >= 0.3 is 6.09 Å². The third kappa shape index (κ3) is 7.43. The molecule has 2 N–H and O–H groups in total. The quantitative estimate of drug-likeness (QED) is 0.631. The molecule has 2 atom stereocenters. The van der Waals surface area contributed by atoms with E-state index in [9.17, 15) is 9.59 Å². The van der Waals surface area contributed by atoms with Gasteiger partial charge in [0.1, 0.15) is 18.4 Å². The van der Waals surface area contributed by atoms with Crippen LogP contribution in [0.25, 0.3) is 0 Å². The Labute approximate surface area is 179 Å². The van der Waals surface area contributed by atoms with Crippen molar-refractivity contribution in [2.45, 2.75) is 59.4 Å². The van der Waals surface area contributed by atoms with Gasteiger partial charge in [-0.15, -0.1) is 0 Å². The number of benzene rings is 2. The van der Waals surface area contributed by atoms with E-state index in [1.807, 2.05) is 89.2 Å². The van der Waals surface area contributed by atoms with Crippen LogP contribution >= 0.6 is 0 Å². The molecule has 0 radical (unpaired) electrons. The van der Waals surface area contributed by atoms with Gasteiger partial charge in [0.25, 0.3) is 0 Å². The van der Waals surface area contributed by atoms with Gasteiger partial charge in [-0.05, 0) is 49.9 Å². The summed E-state index contributed by atoms with van der Waals surface area (Å²) in [5, 5.41) is 5.65. The van der Waals surface area contributed by atoms with Crippen LogP contribution < -0.4 is 15.4 Å². The highest BCUT2D eigenvalue weighted by molar-refractivity contribution is 5.86. The Bertz CT molecular complexity index is 804. The molecule has 0 saturated heterocycles. The maximum absolute atomic E-state index is 12.8. The molecule has 6 nitrogen and oxygen atoms in total. The molecule has 0 bridgehead atoms. The third-order valence-corrected chi connectivity index (χ3v) is 4.55. The first-order valence-electron chi connectivity index (χ1n) is 10.3. The fourth-order valence-electron chi connectivity index (χ4n) is 2.92. The van der Waals surface area contributed by atoms with Crippen LogP contribution in [0.5, 0.6) is 5.75 Å². The SMILES string of the molecule is CC(C)Oc1ccc(C(C)NC(=O)[C@@H](NC(=O)OCc2ccccc2)C(C)C)cc1. The Morgan fingerprint density at radius 3 is 2.07 bits per heavy atom. The highest BCUT2D eigenvalue weighted by Gasteiger charge is 2.26. The van der Waals surface area contributed by atoms with Crippen LogP contribution in [0.2, 0.25) is 0 Å². The zero-order valence-electron chi connectivity index (χ0n) is 18.3. The molecule has 1 unspecified atom stereocenters. The van der Waals surface area contributed by atoms with Crippen LogP contribution in [0.3, 0.4) is 0 Å². The summed E-state index contributed by atoms with van der Waals surface area (Å²) < 4.78 is 10.9. The van der Waals surface area contributed by atoms with E-state index in [0.717, 1.165) is 16.9 Å². The minimum atomic E-state index is -0.695. The predicted molar refractivity (Wildman–Crippen MR) is 117 cm³/mol. The van der Waals surface area contributed by atoms with Gasteiger partial charge in [-0.2, -0.15) is 0 Å². The van der Waals surface area contributed by atoms with E-state index in [4.69, 9.17) is 9.47 Å². The highest BCUT2D eigenvalue weighted by Crippen LogP contribution is 2.19. The van der Waals surface area contributed by atoms with Crippen LogP contribution in [-0.2, 0) is 16.1 Å². The molecule has 0 aliphatic heterocycles. The van der Waals surface area contributed by atoms with E-state index in [-0.39, 0.29) is 30.6 Å². The predicted octanol–water partition coefficient (Wildman–Crippen LogP) is 4.60. The number of alkyl carbamates (subject to hydrolysis) is 1. The fraction of sp³-hybridized carbons (Fsp3) is 0.417. The fourth-order valence-corrected chi connectivity index (χ4v) is 2.92. The van der Waals surface area contributed by atoms with E-state index < -0.39 is 12.1 Å². The normalized spacial score (nSPS) is 12.9. The zero-order valence-corrected chi connectivity index (χ0v) is 18.3. The average Bonchev–Trinajstić information content (AvgIpc) is 2.71. The van der Waals surface area contributed by atoms with Gasteiger partial charge in [-0.1, -0.05) is 56.3 Å². The van der Waals surface area contributed by atoms with E-state index in [1.165, 1.54) is 0 Å². The topological polar surface area (TPSA) is 76.7 Å². The van der Waals surface area contributed by atoms with Crippen LogP contribution in [-0.4, -0.2) is 24.1 Å². The summed E-state index contributed by atoms with van der Waals surface area (Å²) in [5.74, 6) is 0.440. The second-order valence-corrected chi connectivity index (χ2v) is 7.89. The van der Waals surface area contributed by atoms with Crippen LogP contribution in [0.4, 0.5) is 4.79 Å². The molecule has 0 fully saturated rings. The lowest BCUT2D eigenvalue weighted by molar-refractivity contribution is -0.124. The van der Waals surface area contributed by atoms with E-state index >= 15 is 0 Å². The van der Waals surface area contributed by atoms with Crippen molar-refractivity contribution in [3.8, 4) is 5.75 Å². The zero-order chi connectivity index (χ0) is 22.1. The lowest BCUT2D eigenvalue weighted by Crippen LogP contribution is -2.50. The standard InChI is InChI=1S/C24H32N2O4/c1-16(2)22(26-24(28)29-15-19-9-7-6-8-10-19)23(27)25-18(5)20-11-13-21(14-12-20)30-17(3)4/h6-14,16-18,22H,15H2,1-5H3,(H,25,27)(H,26,28)/t18?,22-/m0/s1. The first-order chi connectivity index (χ1) is 14.3. The summed E-state index contributed by atoms with van der Waals surface area (Å²) >= 11 is 0. The number of hydrogen-bond donors (Lipinski definition) is 2. The molecule has 2 aromatic rings. The molecule has 0 heterocycles.